The Labute approximate surface area is 137 Å². The Balaban J connectivity index is 1.98. The van der Waals surface area contributed by atoms with Gasteiger partial charge in [-0.05, 0) is 19.1 Å². The Morgan fingerprint density at radius 1 is 1.46 bits per heavy atom. The highest BCUT2D eigenvalue weighted by Crippen LogP contribution is 2.22. The normalized spacial score (nSPS) is 10.8. The van der Waals surface area contributed by atoms with Gasteiger partial charge in [0.25, 0.3) is 11.5 Å². The van der Waals surface area contributed by atoms with Gasteiger partial charge in [0.2, 0.25) is 5.82 Å². The molecule has 2 heterocycles. The Kier molecular flexibility index (Phi) is 3.81. The van der Waals surface area contributed by atoms with Gasteiger partial charge in [0, 0.05) is 29.0 Å². The van der Waals surface area contributed by atoms with Crippen LogP contribution in [-0.4, -0.2) is 20.2 Å². The Morgan fingerprint density at radius 2 is 2.21 bits per heavy atom. The summed E-state index contributed by atoms with van der Waals surface area (Å²) >= 11 is 1.26. The molecule has 0 aliphatic heterocycles. The van der Waals surface area contributed by atoms with Gasteiger partial charge in [-0.15, -0.1) is 11.3 Å². The number of hydrogen-bond acceptors (Lipinski definition) is 6. The zero-order valence-electron chi connectivity index (χ0n) is 12.1. The number of halogens is 1. The van der Waals surface area contributed by atoms with Gasteiger partial charge in [-0.3, -0.25) is 24.1 Å². The Hall–Kier alpha value is -3.14. The number of nitrogens with zero attached hydrogens (tertiary/aromatic N) is 3. The maximum atomic E-state index is 13.3. The van der Waals surface area contributed by atoms with Crippen LogP contribution >= 0.6 is 11.3 Å². The maximum absolute atomic E-state index is 13.3. The molecular formula is C14H9FN4O4S. The number of rotatable bonds is 3. The molecule has 1 amide bonds. The molecule has 0 saturated heterocycles. The molecular weight excluding hydrogens is 339 g/mol. The second kappa shape index (κ2) is 5.81. The number of anilines is 1. The second-order valence-electron chi connectivity index (χ2n) is 4.85. The van der Waals surface area contributed by atoms with Gasteiger partial charge >= 0.3 is 5.69 Å². The van der Waals surface area contributed by atoms with Crippen molar-refractivity contribution in [2.45, 2.75) is 6.92 Å². The van der Waals surface area contributed by atoms with Gasteiger partial charge < -0.3 is 5.32 Å². The lowest BCUT2D eigenvalue weighted by Crippen LogP contribution is -2.26. The van der Waals surface area contributed by atoms with Crippen LogP contribution in [0.1, 0.15) is 16.1 Å². The monoisotopic (exact) mass is 348 g/mol. The molecule has 3 aromatic rings. The molecule has 0 spiro atoms. The molecule has 2 aromatic heterocycles. The molecule has 0 fully saturated rings. The molecule has 0 aliphatic carbocycles. The predicted octanol–water partition coefficient (Wildman–Crippen LogP) is 2.36. The van der Waals surface area contributed by atoms with Gasteiger partial charge in [-0.1, -0.05) is 0 Å². The van der Waals surface area contributed by atoms with Gasteiger partial charge in [0.05, 0.1) is 4.92 Å². The van der Waals surface area contributed by atoms with E-state index in [1.54, 1.807) is 12.3 Å². The van der Waals surface area contributed by atoms with Crippen LogP contribution in [0.25, 0.3) is 4.96 Å². The SMILES string of the molecule is Cc1csc2ncc(C(=O)Nc3ccc(F)c([N+](=O)[O-])c3)c(=O)n12. The minimum Gasteiger partial charge on any atom is -0.322 e. The number of aromatic nitrogens is 2. The van der Waals surface area contributed by atoms with Crippen molar-refractivity contribution in [3.63, 3.8) is 0 Å². The summed E-state index contributed by atoms with van der Waals surface area (Å²) in [7, 11) is 0. The molecule has 0 bridgehead atoms. The van der Waals surface area contributed by atoms with Crippen molar-refractivity contribution in [2.75, 3.05) is 5.32 Å². The summed E-state index contributed by atoms with van der Waals surface area (Å²) in [4.78, 5) is 38.9. The topological polar surface area (TPSA) is 107 Å². The van der Waals surface area contributed by atoms with Crippen molar-refractivity contribution in [3.05, 3.63) is 67.3 Å². The van der Waals surface area contributed by atoms with E-state index in [1.807, 2.05) is 0 Å². The molecule has 24 heavy (non-hydrogen) atoms. The fraction of sp³-hybridized carbons (Fsp3) is 0.0714. The average Bonchev–Trinajstić information content (AvgIpc) is 2.91. The summed E-state index contributed by atoms with van der Waals surface area (Å²) in [6, 6.07) is 2.91. The van der Waals surface area contributed by atoms with Crippen molar-refractivity contribution < 1.29 is 14.1 Å². The molecule has 122 valence electrons. The highest BCUT2D eigenvalue weighted by molar-refractivity contribution is 7.15. The lowest BCUT2D eigenvalue weighted by atomic mass is 10.2. The van der Waals surface area contributed by atoms with Gasteiger partial charge in [-0.25, -0.2) is 4.98 Å². The Bertz CT molecular complexity index is 1040. The summed E-state index contributed by atoms with van der Waals surface area (Å²) in [6.07, 6.45) is 1.14. The first-order chi connectivity index (χ1) is 11.4. The largest absolute Gasteiger partial charge is 0.322 e. The van der Waals surface area contributed by atoms with Crippen LogP contribution in [0.5, 0.6) is 0 Å². The summed E-state index contributed by atoms with van der Waals surface area (Å²) in [6.45, 7) is 1.71. The molecule has 0 atom stereocenters. The average molecular weight is 348 g/mol. The van der Waals surface area contributed by atoms with Gasteiger partial charge in [0.15, 0.2) is 4.96 Å². The molecule has 3 rings (SSSR count). The van der Waals surface area contributed by atoms with Crippen molar-refractivity contribution in [1.29, 1.82) is 0 Å². The molecule has 1 aromatic carbocycles. The number of nitro groups is 1. The first kappa shape index (κ1) is 15.7. The molecule has 0 unspecified atom stereocenters. The number of nitro benzene ring substituents is 1. The summed E-state index contributed by atoms with van der Waals surface area (Å²) < 4.78 is 14.6. The van der Waals surface area contributed by atoms with Crippen LogP contribution in [-0.2, 0) is 0 Å². The van der Waals surface area contributed by atoms with Crippen LogP contribution in [0, 0.1) is 22.9 Å². The quantitative estimate of drug-likeness (QED) is 0.578. The van der Waals surface area contributed by atoms with Crippen LogP contribution in [0.3, 0.4) is 0 Å². The third-order valence-corrected chi connectivity index (χ3v) is 4.22. The first-order valence-electron chi connectivity index (χ1n) is 6.59. The molecule has 10 heteroatoms. The summed E-state index contributed by atoms with van der Waals surface area (Å²) in [5, 5.41) is 14.8. The molecule has 1 N–H and O–H groups in total. The highest BCUT2D eigenvalue weighted by Gasteiger charge is 2.18. The van der Waals surface area contributed by atoms with E-state index in [9.17, 15) is 24.1 Å². The number of fused-ring (bicyclic) bond motifs is 1. The van der Waals surface area contributed by atoms with Crippen molar-refractivity contribution in [2.24, 2.45) is 0 Å². The predicted molar refractivity (Wildman–Crippen MR) is 85.1 cm³/mol. The van der Waals surface area contributed by atoms with Crippen molar-refractivity contribution in [1.82, 2.24) is 9.38 Å². The minimum absolute atomic E-state index is 0.000336. The van der Waals surface area contributed by atoms with E-state index >= 15 is 0 Å². The Morgan fingerprint density at radius 3 is 2.92 bits per heavy atom. The van der Waals surface area contributed by atoms with Crippen LogP contribution in [0.4, 0.5) is 15.8 Å². The van der Waals surface area contributed by atoms with Gasteiger partial charge in [0.1, 0.15) is 5.56 Å². The van der Waals surface area contributed by atoms with E-state index in [0.717, 1.165) is 18.3 Å². The molecule has 0 saturated carbocycles. The fourth-order valence-corrected chi connectivity index (χ4v) is 2.94. The lowest BCUT2D eigenvalue weighted by molar-refractivity contribution is -0.387. The highest BCUT2D eigenvalue weighted by atomic mass is 32.1. The zero-order valence-corrected chi connectivity index (χ0v) is 13.0. The van der Waals surface area contributed by atoms with Crippen molar-refractivity contribution >= 4 is 33.6 Å². The smallest absolute Gasteiger partial charge is 0.306 e. The van der Waals surface area contributed by atoms with E-state index in [1.165, 1.54) is 21.8 Å². The summed E-state index contributed by atoms with van der Waals surface area (Å²) in [5.74, 6) is -1.80. The number of benzene rings is 1. The molecule has 0 aliphatic rings. The van der Waals surface area contributed by atoms with Crippen LogP contribution in [0.2, 0.25) is 0 Å². The number of amides is 1. The molecule has 8 nitrogen and oxygen atoms in total. The number of thiazole rings is 1. The number of nitrogens with one attached hydrogen (secondary N) is 1. The number of carbonyl (C=O) groups is 1. The number of carbonyl (C=O) groups excluding carboxylic acids is 1. The number of hydrogen-bond donors (Lipinski definition) is 1. The first-order valence-corrected chi connectivity index (χ1v) is 7.47. The van der Waals surface area contributed by atoms with E-state index in [2.05, 4.69) is 10.3 Å². The second-order valence-corrected chi connectivity index (χ2v) is 5.69. The third kappa shape index (κ3) is 2.63. The fourth-order valence-electron chi connectivity index (χ4n) is 2.11. The third-order valence-electron chi connectivity index (χ3n) is 3.26. The van der Waals surface area contributed by atoms with Crippen molar-refractivity contribution in [3.8, 4) is 0 Å². The molecule has 0 radical (unpaired) electrons. The van der Waals surface area contributed by atoms with E-state index in [4.69, 9.17) is 0 Å². The van der Waals surface area contributed by atoms with Crippen LogP contribution in [0.15, 0.2) is 34.6 Å². The number of aryl methyl sites for hydroxylation is 1. The van der Waals surface area contributed by atoms with Crippen LogP contribution < -0.4 is 10.9 Å². The van der Waals surface area contributed by atoms with E-state index < -0.39 is 27.9 Å². The van der Waals surface area contributed by atoms with E-state index in [-0.39, 0.29) is 11.3 Å². The maximum Gasteiger partial charge on any atom is 0.306 e. The van der Waals surface area contributed by atoms with E-state index in [0.29, 0.717) is 10.7 Å². The van der Waals surface area contributed by atoms with Gasteiger partial charge in [-0.2, -0.15) is 4.39 Å². The minimum atomic E-state index is -1.02. The zero-order chi connectivity index (χ0) is 17.4. The standard InChI is InChI=1S/C14H9FN4O4S/c1-7-6-24-14-16-5-9(13(21)18(7)14)12(20)17-8-2-3-10(15)11(4-8)19(22)23/h2-6H,1H3,(H,17,20). The summed E-state index contributed by atoms with van der Waals surface area (Å²) in [5.41, 5.74) is -0.903. The lowest BCUT2D eigenvalue weighted by Gasteiger charge is -2.05.